The minimum Gasteiger partial charge on any atom is -0.392 e. The van der Waals surface area contributed by atoms with E-state index in [4.69, 9.17) is 14.8 Å². The Hall–Kier alpha value is -0.250. The Balaban J connectivity index is 0. The monoisotopic (exact) mass is 343 g/mol. The van der Waals surface area contributed by atoms with Crippen molar-refractivity contribution in [2.45, 2.75) is 77.4 Å². The van der Waals surface area contributed by atoms with E-state index in [1.807, 2.05) is 0 Å². The fourth-order valence-electron chi connectivity index (χ4n) is 1.75. The number of aliphatic hydroxyl groups is 2. The lowest BCUT2D eigenvalue weighted by Gasteiger charge is -2.02. The van der Waals surface area contributed by atoms with Crippen molar-refractivity contribution in [1.82, 2.24) is 0 Å². The highest BCUT2D eigenvalue weighted by Gasteiger charge is 2.02. The molecule has 0 radical (unpaired) electrons. The van der Waals surface area contributed by atoms with Gasteiger partial charge >= 0.3 is 10.4 Å². The molecule has 0 aromatic rings. The zero-order valence-corrected chi connectivity index (χ0v) is 14.4. The molecule has 0 aliphatic heterocycles. The summed E-state index contributed by atoms with van der Waals surface area (Å²) in [5.41, 5.74) is 4.60. The van der Waals surface area contributed by atoms with Crippen molar-refractivity contribution in [3.05, 3.63) is 0 Å². The van der Waals surface area contributed by atoms with Gasteiger partial charge in [0.05, 0.1) is 13.2 Å². The van der Waals surface area contributed by atoms with Crippen LogP contribution in [0, 0.1) is 0 Å². The summed E-state index contributed by atoms with van der Waals surface area (Å²) in [6, 6.07) is 0. The second-order valence-corrected chi connectivity index (χ2v) is 6.27. The van der Waals surface area contributed by atoms with Gasteiger partial charge in [0.1, 0.15) is 6.23 Å². The van der Waals surface area contributed by atoms with E-state index in [-0.39, 0.29) is 13.2 Å². The number of nitrogens with two attached hydrogens (primary N) is 1. The highest BCUT2D eigenvalue weighted by molar-refractivity contribution is 7.80. The predicted octanol–water partition coefficient (Wildman–Crippen LogP) is 1.98. The van der Waals surface area contributed by atoms with Crippen molar-refractivity contribution in [1.29, 1.82) is 0 Å². The minimum atomic E-state index is -4.23. The molecule has 0 aromatic heterocycles. The van der Waals surface area contributed by atoms with Crippen molar-refractivity contribution in [3.63, 3.8) is 0 Å². The molecule has 0 bridgehead atoms. The quantitative estimate of drug-likeness (QED) is 0.228. The molecule has 5 N–H and O–H groups in total. The number of hydrogen-bond donors (Lipinski definition) is 4. The number of unbranched alkanes of at least 4 members (excludes halogenated alkanes) is 9. The Labute approximate surface area is 134 Å². The van der Waals surface area contributed by atoms with E-state index in [0.29, 0.717) is 6.42 Å². The second kappa shape index (κ2) is 17.1. The molecule has 0 aromatic carbocycles. The summed E-state index contributed by atoms with van der Waals surface area (Å²) in [5.74, 6) is 0. The van der Waals surface area contributed by atoms with E-state index in [2.05, 4.69) is 16.8 Å². The van der Waals surface area contributed by atoms with Crippen LogP contribution in [0.4, 0.5) is 0 Å². The van der Waals surface area contributed by atoms with Gasteiger partial charge in [-0.15, -0.1) is 0 Å². The summed E-state index contributed by atoms with van der Waals surface area (Å²) in [6.07, 6.45) is 10.8. The van der Waals surface area contributed by atoms with Gasteiger partial charge in [0.25, 0.3) is 0 Å². The van der Waals surface area contributed by atoms with Crippen LogP contribution in [0.2, 0.25) is 0 Å². The first-order chi connectivity index (χ1) is 10.3. The molecule has 136 valence electrons. The number of rotatable bonds is 13. The van der Waals surface area contributed by atoms with Crippen LogP contribution >= 0.6 is 0 Å². The molecule has 8 heteroatoms. The third kappa shape index (κ3) is 28.0. The molecule has 0 saturated carbocycles. The van der Waals surface area contributed by atoms with Gasteiger partial charge in [-0.3, -0.25) is 4.55 Å². The topological polar surface area (TPSA) is 130 Å². The lowest BCUT2D eigenvalue weighted by atomic mass is 10.1. The zero-order valence-electron chi connectivity index (χ0n) is 13.6. The van der Waals surface area contributed by atoms with Gasteiger partial charge in [-0.05, 0) is 6.42 Å². The molecule has 22 heavy (non-hydrogen) atoms. The van der Waals surface area contributed by atoms with Crippen LogP contribution in [0.15, 0.2) is 0 Å². The fraction of sp³-hybridized carbons (Fsp3) is 1.00. The molecule has 7 nitrogen and oxygen atoms in total. The molecular formula is C14H33NO6S. The van der Waals surface area contributed by atoms with Crippen molar-refractivity contribution in [2.75, 3.05) is 13.2 Å². The smallest absolute Gasteiger partial charge is 0.392 e. The Morgan fingerprint density at radius 2 is 1.32 bits per heavy atom. The lowest BCUT2D eigenvalue weighted by molar-refractivity contribution is 0.101. The molecule has 1 atom stereocenters. The molecule has 0 fully saturated rings. The van der Waals surface area contributed by atoms with Crippen molar-refractivity contribution in [3.8, 4) is 0 Å². The highest BCUT2D eigenvalue weighted by Crippen LogP contribution is 2.10. The van der Waals surface area contributed by atoms with Gasteiger partial charge in [-0.2, -0.15) is 8.42 Å². The summed E-state index contributed by atoms with van der Waals surface area (Å²) >= 11 is 0. The Morgan fingerprint density at radius 3 is 1.64 bits per heavy atom. The second-order valence-electron chi connectivity index (χ2n) is 5.18. The molecule has 0 aliphatic carbocycles. The molecule has 1 unspecified atom stereocenters. The summed E-state index contributed by atoms with van der Waals surface area (Å²) in [4.78, 5) is 0. The third-order valence-corrected chi connectivity index (χ3v) is 3.38. The Kier molecular flexibility index (Phi) is 18.7. The van der Waals surface area contributed by atoms with Crippen LogP contribution in [-0.4, -0.2) is 42.6 Å². The van der Waals surface area contributed by atoms with E-state index < -0.39 is 16.6 Å². The van der Waals surface area contributed by atoms with Crippen LogP contribution in [-0.2, 0) is 14.6 Å². The van der Waals surface area contributed by atoms with Gasteiger partial charge in [0.2, 0.25) is 0 Å². The van der Waals surface area contributed by atoms with Gasteiger partial charge in [-0.25, -0.2) is 4.18 Å². The SMILES string of the molecule is CCCCCCCCCCCCOS(=O)(=O)O.NC(O)CO. The van der Waals surface area contributed by atoms with Crippen LogP contribution in [0.25, 0.3) is 0 Å². The van der Waals surface area contributed by atoms with Gasteiger partial charge in [-0.1, -0.05) is 64.7 Å². The number of aliphatic hydroxyl groups excluding tert-OH is 2. The van der Waals surface area contributed by atoms with Crippen LogP contribution in [0.5, 0.6) is 0 Å². The fourth-order valence-corrected chi connectivity index (χ4v) is 2.08. The molecule has 0 amide bonds. The predicted molar refractivity (Wildman–Crippen MR) is 86.6 cm³/mol. The van der Waals surface area contributed by atoms with Crippen molar-refractivity contribution in [2.24, 2.45) is 5.73 Å². The zero-order chi connectivity index (χ0) is 17.3. The van der Waals surface area contributed by atoms with Crippen LogP contribution in [0.1, 0.15) is 71.1 Å². The first-order valence-corrected chi connectivity index (χ1v) is 9.36. The first kappa shape index (κ1) is 24.0. The normalized spacial score (nSPS) is 12.6. The average molecular weight is 343 g/mol. The molecule has 0 rings (SSSR count). The largest absolute Gasteiger partial charge is 0.397 e. The van der Waals surface area contributed by atoms with Gasteiger partial charge in [0.15, 0.2) is 0 Å². The summed E-state index contributed by atoms with van der Waals surface area (Å²) < 4.78 is 33.0. The van der Waals surface area contributed by atoms with E-state index in [1.54, 1.807) is 0 Å². The number of hydrogen-bond acceptors (Lipinski definition) is 6. The van der Waals surface area contributed by atoms with E-state index in [9.17, 15) is 8.42 Å². The van der Waals surface area contributed by atoms with E-state index in [1.165, 1.54) is 44.9 Å². The molecule has 0 spiro atoms. The van der Waals surface area contributed by atoms with Crippen molar-refractivity contribution < 1.29 is 27.4 Å². The highest BCUT2D eigenvalue weighted by atomic mass is 32.3. The van der Waals surface area contributed by atoms with E-state index >= 15 is 0 Å². The average Bonchev–Trinajstić information content (AvgIpc) is 2.44. The summed E-state index contributed by atoms with van der Waals surface area (Å²) in [7, 11) is -4.23. The van der Waals surface area contributed by atoms with Gasteiger partial charge in [0, 0.05) is 0 Å². The molecule has 0 aliphatic rings. The Bertz CT molecular complexity index is 308. The van der Waals surface area contributed by atoms with Crippen LogP contribution < -0.4 is 5.73 Å². The maximum Gasteiger partial charge on any atom is 0.397 e. The van der Waals surface area contributed by atoms with E-state index in [0.717, 1.165) is 12.8 Å². The standard InChI is InChI=1S/C12H26O4S.C2H7NO2/c1-2-3-4-5-6-7-8-9-10-11-12-16-17(13,14)15;3-2(5)1-4/h2-12H2,1H3,(H,13,14,15);2,4-5H,1,3H2. The molecule has 0 saturated heterocycles. The maximum atomic E-state index is 10.2. The molecule has 0 heterocycles. The summed E-state index contributed by atoms with van der Waals surface area (Å²) in [6.45, 7) is 1.95. The van der Waals surface area contributed by atoms with Crippen LogP contribution in [0.3, 0.4) is 0 Å². The molecular weight excluding hydrogens is 310 g/mol. The van der Waals surface area contributed by atoms with Gasteiger partial charge < -0.3 is 15.9 Å². The van der Waals surface area contributed by atoms with Crippen molar-refractivity contribution >= 4 is 10.4 Å². The minimum absolute atomic E-state index is 0.0926. The Morgan fingerprint density at radius 1 is 0.955 bits per heavy atom. The lowest BCUT2D eigenvalue weighted by Crippen LogP contribution is -2.22. The third-order valence-electron chi connectivity index (χ3n) is 2.92. The maximum absolute atomic E-state index is 10.2. The summed E-state index contributed by atoms with van der Waals surface area (Å²) in [5, 5.41) is 15.7. The first-order valence-electron chi connectivity index (χ1n) is 7.99.